The van der Waals surface area contributed by atoms with E-state index in [-0.39, 0.29) is 11.7 Å². The topological polar surface area (TPSA) is 125 Å². The zero-order valence-corrected chi connectivity index (χ0v) is 27.3. The molecule has 0 unspecified atom stereocenters. The highest BCUT2D eigenvalue weighted by molar-refractivity contribution is 5.98. The van der Waals surface area contributed by atoms with Crippen LogP contribution in [0.15, 0.2) is 67.1 Å². The lowest BCUT2D eigenvalue weighted by atomic mass is 9.87. The zero-order valence-electron chi connectivity index (χ0n) is 27.3. The molecule has 5 heterocycles. The van der Waals surface area contributed by atoms with Gasteiger partial charge in [0.25, 0.3) is 0 Å². The molecule has 0 atom stereocenters. The van der Waals surface area contributed by atoms with E-state index in [4.69, 9.17) is 9.72 Å². The van der Waals surface area contributed by atoms with E-state index >= 15 is 0 Å². The number of nitrogens with zero attached hydrogens (tertiary/aromatic N) is 5. The molecule has 1 saturated carbocycles. The lowest BCUT2D eigenvalue weighted by Gasteiger charge is -2.20. The Balaban J connectivity index is 1.05. The summed E-state index contributed by atoms with van der Waals surface area (Å²) in [4.78, 5) is 32.6. The van der Waals surface area contributed by atoms with Gasteiger partial charge >= 0.3 is 0 Å². The number of hydrogen-bond donors (Lipinski definition) is 3. The van der Waals surface area contributed by atoms with Gasteiger partial charge in [0.05, 0.1) is 40.3 Å². The predicted octanol–water partition coefficient (Wildman–Crippen LogP) is 7.75. The average Bonchev–Trinajstić information content (AvgIpc) is 3.88. The van der Waals surface area contributed by atoms with Crippen LogP contribution in [0, 0.1) is 11.7 Å². The number of benzene rings is 2. The fourth-order valence-electron chi connectivity index (χ4n) is 7.25. The number of nitrogens with one attached hydrogen (secondary N) is 3. The fourth-order valence-corrected chi connectivity index (χ4v) is 7.25. The minimum absolute atomic E-state index is 0.0233. The van der Waals surface area contributed by atoms with E-state index in [9.17, 15) is 9.18 Å². The minimum atomic E-state index is -0.359. The smallest absolute Gasteiger partial charge is 0.224 e. The molecule has 3 N–H and O–H groups in total. The maximum Gasteiger partial charge on any atom is 0.224 e. The Morgan fingerprint density at radius 3 is 2.71 bits per heavy atom. The monoisotopic (exact) mass is 658 g/mol. The summed E-state index contributed by atoms with van der Waals surface area (Å²) in [6.45, 7) is 3.53. The molecule has 1 aliphatic carbocycles. The van der Waals surface area contributed by atoms with Gasteiger partial charge in [-0.05, 0) is 80.6 Å². The van der Waals surface area contributed by atoms with Crippen molar-refractivity contribution in [2.45, 2.75) is 51.4 Å². The van der Waals surface area contributed by atoms with Crippen molar-refractivity contribution in [2.75, 3.05) is 31.6 Å². The van der Waals surface area contributed by atoms with Crippen LogP contribution in [0.5, 0.6) is 5.75 Å². The second kappa shape index (κ2) is 13.8. The molecule has 0 spiro atoms. The number of imidazole rings is 1. The Morgan fingerprint density at radius 2 is 1.84 bits per heavy atom. The predicted molar refractivity (Wildman–Crippen MR) is 189 cm³/mol. The Kier molecular flexibility index (Phi) is 8.74. The first-order valence-corrected chi connectivity index (χ1v) is 17.3. The van der Waals surface area contributed by atoms with Crippen LogP contribution in [0.4, 0.5) is 10.1 Å². The van der Waals surface area contributed by atoms with Gasteiger partial charge in [-0.3, -0.25) is 24.8 Å². The molecule has 2 aliphatic rings. The summed E-state index contributed by atoms with van der Waals surface area (Å²) in [7, 11) is 0. The van der Waals surface area contributed by atoms with Crippen molar-refractivity contribution in [3.63, 3.8) is 0 Å². The summed E-state index contributed by atoms with van der Waals surface area (Å²) in [6.07, 6.45) is 14.0. The zero-order chi connectivity index (χ0) is 33.2. The molecule has 0 radical (unpaired) electrons. The van der Waals surface area contributed by atoms with E-state index in [0.29, 0.717) is 58.7 Å². The number of carbonyl (C=O) groups excluding carboxylic acids is 1. The highest BCUT2D eigenvalue weighted by Crippen LogP contribution is 2.34. The maximum atomic E-state index is 14.8. The number of H-pyrrole nitrogens is 2. The van der Waals surface area contributed by atoms with Crippen LogP contribution in [0.25, 0.3) is 55.8 Å². The second-order valence-electron chi connectivity index (χ2n) is 13.3. The van der Waals surface area contributed by atoms with Crippen molar-refractivity contribution in [1.82, 2.24) is 35.0 Å². The van der Waals surface area contributed by atoms with Gasteiger partial charge in [-0.2, -0.15) is 5.10 Å². The Morgan fingerprint density at radius 1 is 0.959 bits per heavy atom. The number of halogens is 1. The number of rotatable bonds is 10. The number of fused-ring (bicyclic) bond motifs is 2. The van der Waals surface area contributed by atoms with Crippen molar-refractivity contribution in [3.8, 4) is 39.7 Å². The molecule has 2 fully saturated rings. The maximum absolute atomic E-state index is 14.8. The summed E-state index contributed by atoms with van der Waals surface area (Å²) in [5, 5.41) is 11.5. The number of carbonyl (C=O) groups is 1. The largest absolute Gasteiger partial charge is 0.492 e. The number of hydrogen-bond acceptors (Lipinski definition) is 7. The first-order chi connectivity index (χ1) is 24.1. The number of para-hydroxylation sites is 1. The molecule has 250 valence electrons. The van der Waals surface area contributed by atoms with Crippen LogP contribution in [-0.2, 0) is 4.79 Å². The van der Waals surface area contributed by atoms with Crippen molar-refractivity contribution in [3.05, 3.63) is 72.9 Å². The normalized spacial score (nSPS) is 15.7. The van der Waals surface area contributed by atoms with Gasteiger partial charge < -0.3 is 15.0 Å². The molecule has 49 heavy (non-hydrogen) atoms. The van der Waals surface area contributed by atoms with Gasteiger partial charge in [0.2, 0.25) is 5.91 Å². The van der Waals surface area contributed by atoms with Crippen molar-refractivity contribution in [1.29, 1.82) is 0 Å². The van der Waals surface area contributed by atoms with Gasteiger partial charge in [-0.1, -0.05) is 31.4 Å². The first-order valence-electron chi connectivity index (χ1n) is 17.3. The van der Waals surface area contributed by atoms with E-state index < -0.39 is 0 Å². The minimum Gasteiger partial charge on any atom is -0.492 e. The molecule has 4 aromatic heterocycles. The SMILES string of the molecule is O=C(CC1CCCCC1)Nc1cncc(-c2cc3c(-c4nc5c(-c6cc(F)cc(OCCN7CCCC7)c6)cccc5[nH]4)n[nH]c3cn2)c1. The Labute approximate surface area is 283 Å². The molecular formula is C38H39FN8O2. The highest BCUT2D eigenvalue weighted by Gasteiger charge is 2.19. The van der Waals surface area contributed by atoms with Gasteiger partial charge in [0.15, 0.2) is 5.82 Å². The first kappa shape index (κ1) is 31.1. The van der Waals surface area contributed by atoms with Gasteiger partial charge in [0, 0.05) is 41.7 Å². The summed E-state index contributed by atoms with van der Waals surface area (Å²) in [5.74, 6) is 1.20. The van der Waals surface area contributed by atoms with E-state index in [2.05, 4.69) is 35.4 Å². The van der Waals surface area contributed by atoms with Crippen LogP contribution in [0.2, 0.25) is 0 Å². The van der Waals surface area contributed by atoms with E-state index in [1.54, 1.807) is 18.6 Å². The van der Waals surface area contributed by atoms with Gasteiger partial charge in [-0.15, -0.1) is 0 Å². The summed E-state index contributed by atoms with van der Waals surface area (Å²) >= 11 is 0. The molecule has 11 heteroatoms. The number of amides is 1. The standard InChI is InChI=1S/C38H39FN8O2/c39-27-16-25(18-29(19-27)49-14-13-47-11-4-5-12-47)30-9-6-10-32-36(30)44-38(43-32)37-31-20-33(41-23-34(31)45-46-37)26-17-28(22-40-21-26)42-35(48)15-24-7-2-1-3-8-24/h6,9-10,16-24H,1-5,7-8,11-15H2,(H,42,48)(H,43,44)(H,45,46). The van der Waals surface area contributed by atoms with Crippen LogP contribution in [0.1, 0.15) is 51.4 Å². The van der Waals surface area contributed by atoms with Crippen molar-refractivity contribution >= 4 is 33.5 Å². The molecule has 1 aliphatic heterocycles. The second-order valence-corrected chi connectivity index (χ2v) is 13.3. The van der Waals surface area contributed by atoms with E-state index in [1.165, 1.54) is 44.2 Å². The highest BCUT2D eigenvalue weighted by atomic mass is 19.1. The third-order valence-electron chi connectivity index (χ3n) is 9.76. The summed E-state index contributed by atoms with van der Waals surface area (Å²) < 4.78 is 20.8. The number of ether oxygens (including phenoxy) is 1. The Hall–Kier alpha value is -5.16. The third-order valence-corrected chi connectivity index (χ3v) is 9.76. The number of likely N-dealkylation sites (tertiary alicyclic amines) is 1. The lowest BCUT2D eigenvalue weighted by Crippen LogP contribution is -2.25. The molecule has 6 aromatic rings. The van der Waals surface area contributed by atoms with Crippen LogP contribution in [0.3, 0.4) is 0 Å². The van der Waals surface area contributed by atoms with E-state index in [0.717, 1.165) is 60.0 Å². The number of aromatic nitrogens is 6. The van der Waals surface area contributed by atoms with Crippen LogP contribution >= 0.6 is 0 Å². The molecule has 2 aromatic carbocycles. The number of anilines is 1. The lowest BCUT2D eigenvalue weighted by molar-refractivity contribution is -0.117. The van der Waals surface area contributed by atoms with E-state index in [1.807, 2.05) is 36.4 Å². The van der Waals surface area contributed by atoms with Crippen LogP contribution in [-0.4, -0.2) is 67.2 Å². The van der Waals surface area contributed by atoms with Gasteiger partial charge in [0.1, 0.15) is 23.9 Å². The fraction of sp³-hybridized carbons (Fsp3) is 0.342. The summed E-state index contributed by atoms with van der Waals surface area (Å²) in [5.41, 5.74) is 6.50. The average molecular weight is 659 g/mol. The molecule has 1 saturated heterocycles. The molecule has 8 rings (SSSR count). The third kappa shape index (κ3) is 6.89. The van der Waals surface area contributed by atoms with Crippen LogP contribution < -0.4 is 10.1 Å². The molecular weight excluding hydrogens is 619 g/mol. The Bertz CT molecular complexity index is 2110. The quantitative estimate of drug-likeness (QED) is 0.137. The van der Waals surface area contributed by atoms with Crippen molar-refractivity contribution < 1.29 is 13.9 Å². The molecule has 1 amide bonds. The molecule has 10 nitrogen and oxygen atoms in total. The number of pyridine rings is 2. The summed E-state index contributed by atoms with van der Waals surface area (Å²) in [6, 6.07) is 14.5. The van der Waals surface area contributed by atoms with Gasteiger partial charge in [-0.25, -0.2) is 9.37 Å². The number of aromatic amines is 2. The van der Waals surface area contributed by atoms with Crippen molar-refractivity contribution in [2.24, 2.45) is 5.92 Å². The molecule has 0 bridgehead atoms.